The lowest BCUT2D eigenvalue weighted by Crippen LogP contribution is -2.51. The van der Waals surface area contributed by atoms with Crippen LogP contribution in [-0.2, 0) is 19.6 Å². The monoisotopic (exact) mass is 332 g/mol. The normalized spacial score (nSPS) is 15.7. The number of hydrogen-bond donors (Lipinski definition) is 2. The van der Waals surface area contributed by atoms with Crippen molar-refractivity contribution in [1.29, 1.82) is 0 Å². The minimum atomic E-state index is -3.53. The fourth-order valence-electron chi connectivity index (χ4n) is 2.09. The first kappa shape index (κ1) is 15.9. The first-order chi connectivity index (χ1) is 9.88. The van der Waals surface area contributed by atoms with E-state index in [-0.39, 0.29) is 35.4 Å². The lowest BCUT2D eigenvalue weighted by molar-refractivity contribution is -0.145. The quantitative estimate of drug-likeness (QED) is 0.750. The number of carbonyl (C=O) groups excluding carboxylic acids is 1. The van der Waals surface area contributed by atoms with Crippen LogP contribution in [-0.4, -0.2) is 49.9 Å². The Bertz CT molecular complexity index is 606. The minimum absolute atomic E-state index is 0.00857. The van der Waals surface area contributed by atoms with Crippen molar-refractivity contribution in [3.05, 3.63) is 17.5 Å². The first-order valence-electron chi connectivity index (χ1n) is 6.41. The molecule has 1 fully saturated rings. The van der Waals surface area contributed by atoms with E-state index in [1.807, 2.05) is 0 Å². The maximum absolute atomic E-state index is 11.8. The zero-order valence-corrected chi connectivity index (χ0v) is 12.8. The van der Waals surface area contributed by atoms with Crippen LogP contribution in [0.4, 0.5) is 0 Å². The van der Waals surface area contributed by atoms with Crippen LogP contribution in [0.5, 0.6) is 0 Å². The predicted molar refractivity (Wildman–Crippen MR) is 76.4 cm³/mol. The second kappa shape index (κ2) is 6.54. The van der Waals surface area contributed by atoms with E-state index in [2.05, 4.69) is 4.72 Å². The second-order valence-electron chi connectivity index (χ2n) is 4.84. The lowest BCUT2D eigenvalue weighted by Gasteiger charge is -2.38. The van der Waals surface area contributed by atoms with Gasteiger partial charge in [-0.15, -0.1) is 11.3 Å². The van der Waals surface area contributed by atoms with Crippen molar-refractivity contribution >= 4 is 33.2 Å². The Morgan fingerprint density at radius 2 is 2.14 bits per heavy atom. The molecule has 0 bridgehead atoms. The summed E-state index contributed by atoms with van der Waals surface area (Å²) in [5, 5.41) is 10.3. The number of nitrogens with one attached hydrogen (secondary N) is 1. The Balaban J connectivity index is 1.70. The van der Waals surface area contributed by atoms with Crippen molar-refractivity contribution in [2.75, 3.05) is 19.6 Å². The van der Waals surface area contributed by atoms with Crippen LogP contribution in [0.1, 0.15) is 12.8 Å². The van der Waals surface area contributed by atoms with E-state index in [9.17, 15) is 18.0 Å². The molecule has 1 aliphatic rings. The van der Waals surface area contributed by atoms with Crippen LogP contribution in [0.25, 0.3) is 0 Å². The van der Waals surface area contributed by atoms with Gasteiger partial charge in [0.1, 0.15) is 4.21 Å². The fourth-order valence-corrected chi connectivity index (χ4v) is 4.16. The van der Waals surface area contributed by atoms with Crippen molar-refractivity contribution in [1.82, 2.24) is 9.62 Å². The molecule has 2 N–H and O–H groups in total. The molecule has 2 heterocycles. The van der Waals surface area contributed by atoms with Gasteiger partial charge in [-0.25, -0.2) is 13.1 Å². The molecule has 116 valence electrons. The van der Waals surface area contributed by atoms with Gasteiger partial charge in [-0.3, -0.25) is 9.59 Å². The molecule has 7 nitrogen and oxygen atoms in total. The average molecular weight is 332 g/mol. The summed E-state index contributed by atoms with van der Waals surface area (Å²) in [6, 6.07) is 3.15. The number of amides is 1. The molecule has 0 saturated carbocycles. The molecule has 0 spiro atoms. The molecule has 0 atom stereocenters. The summed E-state index contributed by atoms with van der Waals surface area (Å²) in [6.07, 6.45) is 0.138. The third-order valence-corrected chi connectivity index (χ3v) is 6.02. The van der Waals surface area contributed by atoms with Gasteiger partial charge in [-0.05, 0) is 11.4 Å². The summed E-state index contributed by atoms with van der Waals surface area (Å²) in [7, 11) is -3.53. The van der Waals surface area contributed by atoms with Crippen LogP contribution in [0.2, 0.25) is 0 Å². The number of nitrogens with zero attached hydrogens (tertiary/aromatic N) is 1. The summed E-state index contributed by atoms with van der Waals surface area (Å²) in [4.78, 5) is 23.8. The zero-order chi connectivity index (χ0) is 15.5. The van der Waals surface area contributed by atoms with Crippen molar-refractivity contribution in [3.8, 4) is 0 Å². The highest BCUT2D eigenvalue weighted by Crippen LogP contribution is 2.20. The number of carbonyl (C=O) groups is 2. The number of thiophene rings is 1. The lowest BCUT2D eigenvalue weighted by atomic mass is 9.96. The highest BCUT2D eigenvalue weighted by atomic mass is 32.2. The summed E-state index contributed by atoms with van der Waals surface area (Å²) >= 11 is 1.12. The van der Waals surface area contributed by atoms with Crippen molar-refractivity contribution in [2.24, 2.45) is 5.92 Å². The SMILES string of the molecule is O=C(O)CC1CN(C(=O)CCNS(=O)(=O)c2cccs2)C1. The molecule has 2 rings (SSSR count). The van der Waals surface area contributed by atoms with Crippen LogP contribution in [0.3, 0.4) is 0 Å². The molecule has 9 heteroatoms. The molecule has 21 heavy (non-hydrogen) atoms. The Hall–Kier alpha value is -1.45. The van der Waals surface area contributed by atoms with Gasteiger partial charge in [-0.2, -0.15) is 0 Å². The summed E-state index contributed by atoms with van der Waals surface area (Å²) in [6.45, 7) is 0.908. The number of carboxylic acids is 1. The molecule has 0 radical (unpaired) electrons. The maximum Gasteiger partial charge on any atom is 0.303 e. The van der Waals surface area contributed by atoms with Crippen LogP contribution < -0.4 is 4.72 Å². The summed E-state index contributed by atoms with van der Waals surface area (Å²) < 4.78 is 26.2. The topological polar surface area (TPSA) is 104 Å². The van der Waals surface area contributed by atoms with Gasteiger partial charge < -0.3 is 10.0 Å². The highest BCUT2D eigenvalue weighted by molar-refractivity contribution is 7.91. The van der Waals surface area contributed by atoms with Crippen molar-refractivity contribution in [3.63, 3.8) is 0 Å². The van der Waals surface area contributed by atoms with E-state index in [1.54, 1.807) is 16.3 Å². The number of carboxylic acid groups (broad SMARTS) is 1. The summed E-state index contributed by atoms with van der Waals surface area (Å²) in [5.41, 5.74) is 0. The van der Waals surface area contributed by atoms with Gasteiger partial charge in [0.2, 0.25) is 15.9 Å². The molecule has 0 aliphatic carbocycles. The number of rotatable bonds is 7. The molecule has 1 aliphatic heterocycles. The third-order valence-electron chi connectivity index (χ3n) is 3.16. The van der Waals surface area contributed by atoms with Gasteiger partial charge in [-0.1, -0.05) is 6.07 Å². The average Bonchev–Trinajstić information content (AvgIpc) is 2.86. The minimum Gasteiger partial charge on any atom is -0.481 e. The standard InChI is InChI=1S/C12H16N2O5S2/c15-10(14-7-9(8-14)6-11(16)17)3-4-13-21(18,19)12-2-1-5-20-12/h1-2,5,9,13H,3-4,6-8H2,(H,16,17). The molecule has 1 saturated heterocycles. The van der Waals surface area contributed by atoms with E-state index in [4.69, 9.17) is 5.11 Å². The number of aliphatic carboxylic acids is 1. The maximum atomic E-state index is 11.8. The Morgan fingerprint density at radius 1 is 1.43 bits per heavy atom. The van der Waals surface area contributed by atoms with E-state index in [0.29, 0.717) is 13.1 Å². The Kier molecular flexibility index (Phi) is 4.96. The molecule has 1 aromatic heterocycles. The molecular formula is C12H16N2O5S2. The summed E-state index contributed by atoms with van der Waals surface area (Å²) in [5.74, 6) is -1.02. The van der Waals surface area contributed by atoms with Gasteiger partial charge in [0, 0.05) is 32.0 Å². The van der Waals surface area contributed by atoms with Gasteiger partial charge in [0.05, 0.1) is 6.42 Å². The van der Waals surface area contributed by atoms with Crippen LogP contribution in [0, 0.1) is 5.92 Å². The Morgan fingerprint density at radius 3 is 2.71 bits per heavy atom. The first-order valence-corrected chi connectivity index (χ1v) is 8.77. The van der Waals surface area contributed by atoms with Gasteiger partial charge in [0.15, 0.2) is 0 Å². The van der Waals surface area contributed by atoms with Crippen LogP contribution in [0.15, 0.2) is 21.7 Å². The van der Waals surface area contributed by atoms with Crippen molar-refractivity contribution < 1.29 is 23.1 Å². The predicted octanol–water partition coefficient (Wildman–Crippen LogP) is 0.350. The molecule has 0 unspecified atom stereocenters. The zero-order valence-electron chi connectivity index (χ0n) is 11.2. The highest BCUT2D eigenvalue weighted by Gasteiger charge is 2.31. The second-order valence-corrected chi connectivity index (χ2v) is 7.78. The molecular weight excluding hydrogens is 316 g/mol. The van der Waals surface area contributed by atoms with E-state index < -0.39 is 16.0 Å². The van der Waals surface area contributed by atoms with Gasteiger partial charge in [0.25, 0.3) is 0 Å². The third kappa shape index (κ3) is 4.26. The van der Waals surface area contributed by atoms with Gasteiger partial charge >= 0.3 is 5.97 Å². The molecule has 1 amide bonds. The Labute approximate surface area is 126 Å². The molecule has 1 aromatic rings. The van der Waals surface area contributed by atoms with E-state index in [0.717, 1.165) is 11.3 Å². The number of likely N-dealkylation sites (tertiary alicyclic amines) is 1. The fraction of sp³-hybridized carbons (Fsp3) is 0.500. The smallest absolute Gasteiger partial charge is 0.303 e. The largest absolute Gasteiger partial charge is 0.481 e. The van der Waals surface area contributed by atoms with E-state index in [1.165, 1.54) is 6.07 Å². The van der Waals surface area contributed by atoms with E-state index >= 15 is 0 Å². The number of hydrogen-bond acceptors (Lipinski definition) is 5. The number of sulfonamides is 1. The van der Waals surface area contributed by atoms with Crippen molar-refractivity contribution in [2.45, 2.75) is 17.1 Å². The van der Waals surface area contributed by atoms with Crippen LogP contribution >= 0.6 is 11.3 Å². The molecule has 0 aromatic carbocycles.